The van der Waals surface area contributed by atoms with Crippen LogP contribution in [0.25, 0.3) is 0 Å². The molecule has 0 spiro atoms. The standard InChI is InChI=1S/C28H27F3N4O5/c1-39-23-9-7-22(8-10-23)34-26(37)18-2-5-21(6-3-18)33-25(36)17-40-27(38)19-12-14-35(15-13-19)24-11-4-20(16-32-24)28(29,30)31/h2-11,16,19H,12-15,17H2,1H3,(H,33,36)(H,34,37). The number of esters is 1. The molecule has 0 unspecified atom stereocenters. The second kappa shape index (κ2) is 12.5. The topological polar surface area (TPSA) is 110 Å². The van der Waals surface area contributed by atoms with E-state index in [0.717, 1.165) is 12.3 Å². The molecule has 0 bridgehead atoms. The van der Waals surface area contributed by atoms with Crippen LogP contribution >= 0.6 is 0 Å². The lowest BCUT2D eigenvalue weighted by Gasteiger charge is -2.31. The number of carbonyl (C=O) groups excluding carboxylic acids is 3. The number of alkyl halides is 3. The van der Waals surface area contributed by atoms with Gasteiger partial charge in [0.15, 0.2) is 6.61 Å². The minimum absolute atomic E-state index is 0.322. The minimum atomic E-state index is -4.45. The molecule has 0 atom stereocenters. The van der Waals surface area contributed by atoms with E-state index in [1.807, 2.05) is 0 Å². The first-order chi connectivity index (χ1) is 19.1. The highest BCUT2D eigenvalue weighted by Gasteiger charge is 2.32. The molecule has 40 heavy (non-hydrogen) atoms. The van der Waals surface area contributed by atoms with Crippen molar-refractivity contribution in [3.8, 4) is 5.75 Å². The van der Waals surface area contributed by atoms with Crippen molar-refractivity contribution < 1.29 is 37.0 Å². The quantitative estimate of drug-likeness (QED) is 0.385. The van der Waals surface area contributed by atoms with Crippen molar-refractivity contribution in [2.45, 2.75) is 19.0 Å². The molecule has 1 aliphatic heterocycles. The van der Waals surface area contributed by atoms with Crippen LogP contribution in [0.2, 0.25) is 0 Å². The molecular weight excluding hydrogens is 529 g/mol. The van der Waals surface area contributed by atoms with Crippen LogP contribution in [0.1, 0.15) is 28.8 Å². The van der Waals surface area contributed by atoms with E-state index in [-0.39, 0.29) is 5.91 Å². The van der Waals surface area contributed by atoms with Crippen LogP contribution in [0, 0.1) is 5.92 Å². The molecule has 0 aliphatic carbocycles. The van der Waals surface area contributed by atoms with E-state index in [2.05, 4.69) is 15.6 Å². The molecule has 2 amide bonds. The summed E-state index contributed by atoms with van der Waals surface area (Å²) in [7, 11) is 1.55. The molecule has 0 saturated carbocycles. The molecule has 0 radical (unpaired) electrons. The summed E-state index contributed by atoms with van der Waals surface area (Å²) in [6, 6.07) is 15.4. The third-order valence-corrected chi connectivity index (χ3v) is 6.35. The fraction of sp³-hybridized carbons (Fsp3) is 0.286. The highest BCUT2D eigenvalue weighted by atomic mass is 19.4. The summed E-state index contributed by atoms with van der Waals surface area (Å²) >= 11 is 0. The molecule has 2 heterocycles. The molecule has 1 saturated heterocycles. The zero-order chi connectivity index (χ0) is 28.7. The number of rotatable bonds is 8. The van der Waals surface area contributed by atoms with Crippen LogP contribution < -0.4 is 20.3 Å². The average molecular weight is 557 g/mol. The van der Waals surface area contributed by atoms with E-state index in [4.69, 9.17) is 9.47 Å². The summed E-state index contributed by atoms with van der Waals surface area (Å²) in [5.41, 5.74) is 0.601. The summed E-state index contributed by atoms with van der Waals surface area (Å²) < 4.78 is 48.5. The molecular formula is C28H27F3N4O5. The number of amides is 2. The van der Waals surface area contributed by atoms with Gasteiger partial charge in [-0.3, -0.25) is 14.4 Å². The maximum Gasteiger partial charge on any atom is 0.417 e. The number of ether oxygens (including phenoxy) is 2. The lowest BCUT2D eigenvalue weighted by Crippen LogP contribution is -2.38. The van der Waals surface area contributed by atoms with Gasteiger partial charge >= 0.3 is 12.1 Å². The normalized spacial score (nSPS) is 13.8. The maximum atomic E-state index is 12.7. The van der Waals surface area contributed by atoms with Gasteiger partial charge in [0, 0.05) is 36.2 Å². The Morgan fingerprint density at radius 2 is 1.55 bits per heavy atom. The second-order valence-electron chi connectivity index (χ2n) is 9.08. The minimum Gasteiger partial charge on any atom is -0.497 e. The summed E-state index contributed by atoms with van der Waals surface area (Å²) in [5.74, 6) is -0.721. The molecule has 12 heteroatoms. The number of nitrogens with zero attached hydrogens (tertiary/aromatic N) is 2. The fourth-order valence-electron chi connectivity index (χ4n) is 4.12. The van der Waals surface area contributed by atoms with E-state index >= 15 is 0 Å². The van der Waals surface area contributed by atoms with E-state index in [9.17, 15) is 27.6 Å². The Labute approximate surface area is 228 Å². The van der Waals surface area contributed by atoms with Crippen LogP contribution in [-0.4, -0.2) is 49.6 Å². The molecule has 4 rings (SSSR count). The van der Waals surface area contributed by atoms with E-state index in [1.165, 1.54) is 6.07 Å². The van der Waals surface area contributed by atoms with Crippen molar-refractivity contribution in [1.29, 1.82) is 0 Å². The van der Waals surface area contributed by atoms with Crippen LogP contribution in [0.15, 0.2) is 66.9 Å². The Hall–Kier alpha value is -4.61. The van der Waals surface area contributed by atoms with E-state index in [0.29, 0.717) is 54.4 Å². The largest absolute Gasteiger partial charge is 0.497 e. The smallest absolute Gasteiger partial charge is 0.417 e. The first-order valence-electron chi connectivity index (χ1n) is 12.4. The Morgan fingerprint density at radius 3 is 2.12 bits per heavy atom. The number of anilines is 3. The van der Waals surface area contributed by atoms with Crippen LogP contribution in [0.5, 0.6) is 5.75 Å². The average Bonchev–Trinajstić information content (AvgIpc) is 2.96. The number of hydrogen-bond acceptors (Lipinski definition) is 7. The fourth-order valence-corrected chi connectivity index (χ4v) is 4.12. The number of benzene rings is 2. The van der Waals surface area contributed by atoms with Gasteiger partial charge in [-0.2, -0.15) is 13.2 Å². The summed E-state index contributed by atoms with van der Waals surface area (Å²) in [5, 5.41) is 5.38. The second-order valence-corrected chi connectivity index (χ2v) is 9.08. The first kappa shape index (κ1) is 28.4. The van der Waals surface area contributed by atoms with Crippen LogP contribution in [0.4, 0.5) is 30.4 Å². The number of carbonyl (C=O) groups is 3. The number of nitrogens with one attached hydrogen (secondary N) is 2. The molecule has 2 N–H and O–H groups in total. The van der Waals surface area contributed by atoms with Gasteiger partial charge < -0.3 is 25.0 Å². The highest BCUT2D eigenvalue weighted by Crippen LogP contribution is 2.30. The number of hydrogen-bond donors (Lipinski definition) is 2. The zero-order valence-electron chi connectivity index (χ0n) is 21.5. The number of pyridine rings is 1. The summed E-state index contributed by atoms with van der Waals surface area (Å²) in [6.07, 6.45) is -2.82. The van der Waals surface area contributed by atoms with Gasteiger partial charge in [0.05, 0.1) is 18.6 Å². The van der Waals surface area contributed by atoms with Gasteiger partial charge in [0.1, 0.15) is 11.6 Å². The van der Waals surface area contributed by atoms with Crippen molar-refractivity contribution in [2.75, 3.05) is 42.3 Å². The predicted octanol–water partition coefficient (Wildman–Crippen LogP) is 4.76. The molecule has 1 aliphatic rings. The number of methoxy groups -OCH3 is 1. The molecule has 1 fully saturated rings. The SMILES string of the molecule is COc1ccc(NC(=O)c2ccc(NC(=O)COC(=O)C3CCN(c4ccc(C(F)(F)F)cn4)CC3)cc2)cc1. The Balaban J connectivity index is 1.19. The van der Waals surface area contributed by atoms with Gasteiger partial charge in [-0.1, -0.05) is 0 Å². The highest BCUT2D eigenvalue weighted by molar-refractivity contribution is 6.04. The third kappa shape index (κ3) is 7.49. The van der Waals surface area contributed by atoms with E-state index < -0.39 is 36.1 Å². The molecule has 3 aromatic rings. The third-order valence-electron chi connectivity index (χ3n) is 6.35. The Kier molecular flexibility index (Phi) is 8.87. The van der Waals surface area contributed by atoms with Crippen molar-refractivity contribution in [3.63, 3.8) is 0 Å². The lowest BCUT2D eigenvalue weighted by atomic mass is 9.97. The van der Waals surface area contributed by atoms with Crippen molar-refractivity contribution in [2.24, 2.45) is 5.92 Å². The number of halogens is 3. The molecule has 210 valence electrons. The van der Waals surface area contributed by atoms with Crippen molar-refractivity contribution in [1.82, 2.24) is 4.98 Å². The van der Waals surface area contributed by atoms with Crippen molar-refractivity contribution >= 4 is 35.0 Å². The van der Waals surface area contributed by atoms with Crippen LogP contribution in [0.3, 0.4) is 0 Å². The van der Waals surface area contributed by atoms with Crippen LogP contribution in [-0.2, 0) is 20.5 Å². The first-order valence-corrected chi connectivity index (χ1v) is 12.4. The van der Waals surface area contributed by atoms with Gasteiger partial charge in [-0.05, 0) is 73.5 Å². The van der Waals surface area contributed by atoms with Crippen molar-refractivity contribution in [3.05, 3.63) is 78.0 Å². The summed E-state index contributed by atoms with van der Waals surface area (Å²) in [6.45, 7) is 0.366. The Morgan fingerprint density at radius 1 is 0.925 bits per heavy atom. The predicted molar refractivity (Wildman–Crippen MR) is 141 cm³/mol. The molecule has 2 aromatic carbocycles. The van der Waals surface area contributed by atoms with Gasteiger partial charge in [-0.25, -0.2) is 4.98 Å². The Bertz CT molecular complexity index is 1320. The van der Waals surface area contributed by atoms with Gasteiger partial charge in [-0.15, -0.1) is 0 Å². The molecule has 9 nitrogen and oxygen atoms in total. The zero-order valence-corrected chi connectivity index (χ0v) is 21.5. The lowest BCUT2D eigenvalue weighted by molar-refractivity contribution is -0.152. The molecule has 1 aromatic heterocycles. The maximum absolute atomic E-state index is 12.7. The van der Waals surface area contributed by atoms with Gasteiger partial charge in [0.2, 0.25) is 0 Å². The monoisotopic (exact) mass is 556 g/mol. The number of aromatic nitrogens is 1. The summed E-state index contributed by atoms with van der Waals surface area (Å²) in [4.78, 5) is 42.9. The van der Waals surface area contributed by atoms with E-state index in [1.54, 1.807) is 60.5 Å². The number of piperidine rings is 1. The van der Waals surface area contributed by atoms with Gasteiger partial charge in [0.25, 0.3) is 11.8 Å².